The Labute approximate surface area is 194 Å². The van der Waals surface area contributed by atoms with E-state index in [9.17, 15) is 4.79 Å². The van der Waals surface area contributed by atoms with E-state index in [1.165, 1.54) is 22.9 Å². The van der Waals surface area contributed by atoms with Gasteiger partial charge in [0.1, 0.15) is 0 Å². The minimum atomic E-state index is -0.250. The van der Waals surface area contributed by atoms with Gasteiger partial charge < -0.3 is 25.4 Å². The SMILES string of the molecule is O=C(NCCc1c[nH]c2ccccc12)c1ccc(CC2CCN(CCCO)C2)cc1.O=CO. The van der Waals surface area contributed by atoms with Crippen molar-refractivity contribution in [1.82, 2.24) is 15.2 Å². The average molecular weight is 452 g/mol. The molecule has 1 fully saturated rings. The van der Waals surface area contributed by atoms with Crippen molar-refractivity contribution in [3.63, 3.8) is 0 Å². The molecule has 1 amide bonds. The van der Waals surface area contributed by atoms with E-state index in [1.807, 2.05) is 30.5 Å². The Morgan fingerprint density at radius 2 is 1.94 bits per heavy atom. The normalized spacial score (nSPS) is 15.7. The number of rotatable bonds is 9. The quantitative estimate of drug-likeness (QED) is 0.374. The van der Waals surface area contributed by atoms with E-state index >= 15 is 0 Å². The zero-order valence-electron chi connectivity index (χ0n) is 18.9. The molecule has 0 radical (unpaired) electrons. The van der Waals surface area contributed by atoms with Crippen LogP contribution in [0.15, 0.2) is 54.7 Å². The number of para-hydroxylation sites is 1. The van der Waals surface area contributed by atoms with Crippen LogP contribution in [0.25, 0.3) is 10.9 Å². The van der Waals surface area contributed by atoms with E-state index in [2.05, 4.69) is 39.5 Å². The van der Waals surface area contributed by atoms with Gasteiger partial charge in [-0.1, -0.05) is 30.3 Å². The highest BCUT2D eigenvalue weighted by atomic mass is 16.3. The molecule has 0 spiro atoms. The topological polar surface area (TPSA) is 106 Å². The number of aromatic amines is 1. The number of benzene rings is 2. The van der Waals surface area contributed by atoms with Crippen molar-refractivity contribution >= 4 is 23.3 Å². The number of amides is 1. The number of carbonyl (C=O) groups is 2. The molecular weight excluding hydrogens is 418 g/mol. The van der Waals surface area contributed by atoms with Gasteiger partial charge in [0.15, 0.2) is 0 Å². The lowest BCUT2D eigenvalue weighted by Crippen LogP contribution is -2.25. The predicted octanol–water partition coefficient (Wildman–Crippen LogP) is 3.09. The second-order valence-electron chi connectivity index (χ2n) is 8.40. The molecular formula is C26H33N3O4. The smallest absolute Gasteiger partial charge is 0.290 e. The molecule has 176 valence electrons. The number of aliphatic hydroxyl groups excluding tert-OH is 1. The van der Waals surface area contributed by atoms with Gasteiger partial charge in [0.2, 0.25) is 0 Å². The van der Waals surface area contributed by atoms with E-state index in [0.717, 1.165) is 44.4 Å². The molecule has 2 heterocycles. The maximum Gasteiger partial charge on any atom is 0.290 e. The molecule has 1 unspecified atom stereocenters. The summed E-state index contributed by atoms with van der Waals surface area (Å²) in [7, 11) is 0. The molecule has 4 rings (SSSR count). The fourth-order valence-electron chi connectivity index (χ4n) is 4.45. The van der Waals surface area contributed by atoms with E-state index in [1.54, 1.807) is 0 Å². The molecule has 1 atom stereocenters. The first-order valence-electron chi connectivity index (χ1n) is 11.5. The summed E-state index contributed by atoms with van der Waals surface area (Å²) < 4.78 is 0. The van der Waals surface area contributed by atoms with Crippen molar-refractivity contribution < 1.29 is 19.8 Å². The largest absolute Gasteiger partial charge is 0.483 e. The van der Waals surface area contributed by atoms with Crippen molar-refractivity contribution in [3.05, 3.63) is 71.4 Å². The molecule has 1 aliphatic heterocycles. The third kappa shape index (κ3) is 7.17. The van der Waals surface area contributed by atoms with Gasteiger partial charge in [0.05, 0.1) is 0 Å². The van der Waals surface area contributed by atoms with Gasteiger partial charge in [-0.2, -0.15) is 0 Å². The number of fused-ring (bicyclic) bond motifs is 1. The fraction of sp³-hybridized carbons (Fsp3) is 0.385. The van der Waals surface area contributed by atoms with Gasteiger partial charge >= 0.3 is 0 Å². The highest BCUT2D eigenvalue weighted by Crippen LogP contribution is 2.21. The van der Waals surface area contributed by atoms with Crippen molar-refractivity contribution in [2.75, 3.05) is 32.8 Å². The maximum atomic E-state index is 12.5. The molecule has 0 saturated carbocycles. The molecule has 1 saturated heterocycles. The van der Waals surface area contributed by atoms with Crippen LogP contribution < -0.4 is 5.32 Å². The van der Waals surface area contributed by atoms with E-state index in [4.69, 9.17) is 15.0 Å². The van der Waals surface area contributed by atoms with Crippen molar-refractivity contribution in [2.45, 2.75) is 25.7 Å². The van der Waals surface area contributed by atoms with Crippen LogP contribution in [-0.4, -0.2) is 65.3 Å². The second-order valence-corrected chi connectivity index (χ2v) is 8.40. The number of likely N-dealkylation sites (tertiary alicyclic amines) is 1. The van der Waals surface area contributed by atoms with Gasteiger partial charge in [-0.3, -0.25) is 9.59 Å². The summed E-state index contributed by atoms with van der Waals surface area (Å²) in [4.78, 5) is 26.6. The third-order valence-electron chi connectivity index (χ3n) is 6.10. The summed E-state index contributed by atoms with van der Waals surface area (Å²) in [5.74, 6) is 0.650. The summed E-state index contributed by atoms with van der Waals surface area (Å²) in [5.41, 5.74) is 4.37. The lowest BCUT2D eigenvalue weighted by atomic mass is 9.98. The summed E-state index contributed by atoms with van der Waals surface area (Å²) in [6, 6.07) is 16.3. The molecule has 1 aliphatic rings. The van der Waals surface area contributed by atoms with Crippen molar-refractivity contribution in [3.8, 4) is 0 Å². The molecule has 1 aromatic heterocycles. The summed E-state index contributed by atoms with van der Waals surface area (Å²) in [6.07, 6.45) is 5.96. The highest BCUT2D eigenvalue weighted by Gasteiger charge is 2.22. The highest BCUT2D eigenvalue weighted by molar-refractivity contribution is 5.94. The van der Waals surface area contributed by atoms with Crippen molar-refractivity contribution in [2.24, 2.45) is 5.92 Å². The zero-order chi connectivity index (χ0) is 23.5. The lowest BCUT2D eigenvalue weighted by Gasteiger charge is -2.15. The van der Waals surface area contributed by atoms with Crippen LogP contribution in [0, 0.1) is 5.92 Å². The Morgan fingerprint density at radius 1 is 1.18 bits per heavy atom. The van der Waals surface area contributed by atoms with Gasteiger partial charge in [-0.15, -0.1) is 0 Å². The molecule has 33 heavy (non-hydrogen) atoms. The van der Waals surface area contributed by atoms with Crippen LogP contribution in [0.5, 0.6) is 0 Å². The minimum absolute atomic E-state index is 0.0163. The number of hydrogen-bond donors (Lipinski definition) is 4. The first-order chi connectivity index (χ1) is 16.1. The van der Waals surface area contributed by atoms with Gasteiger partial charge in [0.25, 0.3) is 12.4 Å². The first-order valence-corrected chi connectivity index (χ1v) is 11.5. The number of nitrogens with one attached hydrogen (secondary N) is 2. The summed E-state index contributed by atoms with van der Waals surface area (Å²) in [6.45, 7) is 3.86. The molecule has 4 N–H and O–H groups in total. The van der Waals surface area contributed by atoms with Crippen LogP contribution in [0.4, 0.5) is 0 Å². The average Bonchev–Trinajstić information content (AvgIpc) is 3.45. The lowest BCUT2D eigenvalue weighted by molar-refractivity contribution is -0.122. The van der Waals surface area contributed by atoms with E-state index in [-0.39, 0.29) is 19.0 Å². The van der Waals surface area contributed by atoms with Crippen LogP contribution in [0.3, 0.4) is 0 Å². The first kappa shape index (κ1) is 24.5. The third-order valence-corrected chi connectivity index (χ3v) is 6.10. The number of aromatic nitrogens is 1. The number of H-pyrrole nitrogens is 1. The maximum absolute atomic E-state index is 12.5. The Morgan fingerprint density at radius 3 is 2.70 bits per heavy atom. The minimum Gasteiger partial charge on any atom is -0.483 e. The standard InChI is InChI=1S/C25H31N3O2.CH2O2/c29-15-3-13-28-14-11-20(18-28)16-19-6-8-21(9-7-19)25(30)26-12-10-22-17-27-24-5-2-1-4-23(22)24;2-1-3/h1-2,4-9,17,20,27,29H,3,10-16,18H2,(H,26,30);1H,(H,2,3). The molecule has 7 nitrogen and oxygen atoms in total. The summed E-state index contributed by atoms with van der Waals surface area (Å²) in [5, 5.41) is 20.1. The van der Waals surface area contributed by atoms with Crippen molar-refractivity contribution in [1.29, 1.82) is 0 Å². The fourth-order valence-corrected chi connectivity index (χ4v) is 4.45. The van der Waals surface area contributed by atoms with Gasteiger partial charge in [-0.05, 0) is 67.5 Å². The molecule has 0 aliphatic carbocycles. The number of carboxylic acid groups (broad SMARTS) is 1. The second kappa shape index (κ2) is 12.8. The van der Waals surface area contributed by atoms with Crippen LogP contribution in [0.1, 0.15) is 34.3 Å². The summed E-state index contributed by atoms with van der Waals surface area (Å²) >= 11 is 0. The van der Waals surface area contributed by atoms with Crippen LogP contribution >= 0.6 is 0 Å². The Hall–Kier alpha value is -3.16. The Bertz CT molecular complexity index is 1020. The van der Waals surface area contributed by atoms with Crippen LogP contribution in [-0.2, 0) is 17.6 Å². The number of carbonyl (C=O) groups excluding carboxylic acids is 1. The monoisotopic (exact) mass is 451 g/mol. The van der Waals surface area contributed by atoms with E-state index < -0.39 is 0 Å². The van der Waals surface area contributed by atoms with Gasteiger partial charge in [-0.25, -0.2) is 0 Å². The van der Waals surface area contributed by atoms with E-state index in [0.29, 0.717) is 18.0 Å². The molecule has 0 bridgehead atoms. The zero-order valence-corrected chi connectivity index (χ0v) is 18.9. The van der Waals surface area contributed by atoms with Gasteiger partial charge in [0, 0.05) is 48.9 Å². The number of aliphatic hydroxyl groups is 1. The molecule has 2 aromatic carbocycles. The molecule has 3 aromatic rings. The Kier molecular flexibility index (Phi) is 9.47. The number of nitrogens with zero attached hydrogens (tertiary/aromatic N) is 1. The van der Waals surface area contributed by atoms with Crippen LogP contribution in [0.2, 0.25) is 0 Å². The predicted molar refractivity (Wildman–Crippen MR) is 129 cm³/mol. The molecule has 7 heteroatoms. The Balaban J connectivity index is 0.000000968. The number of hydrogen-bond acceptors (Lipinski definition) is 4.